The van der Waals surface area contributed by atoms with Crippen LogP contribution < -0.4 is 5.32 Å². The lowest BCUT2D eigenvalue weighted by atomic mass is 9.98. The van der Waals surface area contributed by atoms with Crippen LogP contribution in [0.4, 0.5) is 5.69 Å². The molecule has 1 aliphatic rings. The topological polar surface area (TPSA) is 84.3 Å². The van der Waals surface area contributed by atoms with E-state index in [0.717, 1.165) is 11.5 Å². The number of carbonyl (C=O) groups excluding carboxylic acids is 1. The van der Waals surface area contributed by atoms with Gasteiger partial charge in [-0.05, 0) is 51.0 Å². The molecule has 8 heteroatoms. The highest BCUT2D eigenvalue weighted by molar-refractivity contribution is 7.89. The highest BCUT2D eigenvalue weighted by Gasteiger charge is 2.31. The first kappa shape index (κ1) is 18.6. The first-order valence-corrected chi connectivity index (χ1v) is 10.4. The number of rotatable bonds is 5. The van der Waals surface area contributed by atoms with Crippen molar-refractivity contribution in [1.82, 2.24) is 13.9 Å². The van der Waals surface area contributed by atoms with Crippen molar-refractivity contribution in [1.29, 1.82) is 0 Å². The number of aryl methyl sites for hydroxylation is 1. The summed E-state index contributed by atoms with van der Waals surface area (Å²) in [6.07, 6.45) is 5.03. The van der Waals surface area contributed by atoms with Crippen molar-refractivity contribution < 1.29 is 13.2 Å². The van der Waals surface area contributed by atoms with Gasteiger partial charge in [0.25, 0.3) is 0 Å². The molecule has 2 aromatic rings. The number of carbonyl (C=O) groups is 1. The van der Waals surface area contributed by atoms with Gasteiger partial charge in [0.05, 0.1) is 11.7 Å². The Labute approximate surface area is 154 Å². The van der Waals surface area contributed by atoms with Gasteiger partial charge in [0.15, 0.2) is 0 Å². The number of sulfonamides is 1. The van der Waals surface area contributed by atoms with Crippen molar-refractivity contribution >= 4 is 21.6 Å². The molecule has 0 spiro atoms. The van der Waals surface area contributed by atoms with Crippen LogP contribution in [0.3, 0.4) is 0 Å². The molecule has 1 aliphatic heterocycles. The van der Waals surface area contributed by atoms with Crippen LogP contribution in [0.1, 0.15) is 25.6 Å². The van der Waals surface area contributed by atoms with Crippen LogP contribution in [0.15, 0.2) is 36.7 Å². The van der Waals surface area contributed by atoms with Crippen molar-refractivity contribution in [3.05, 3.63) is 42.5 Å². The molecular formula is C18H24N4O3S. The summed E-state index contributed by atoms with van der Waals surface area (Å²) >= 11 is 0. The van der Waals surface area contributed by atoms with Gasteiger partial charge in [-0.3, -0.25) is 4.79 Å². The molecule has 0 radical (unpaired) electrons. The fourth-order valence-corrected chi connectivity index (χ4v) is 4.37. The van der Waals surface area contributed by atoms with Gasteiger partial charge in [-0.15, -0.1) is 0 Å². The van der Waals surface area contributed by atoms with Crippen molar-refractivity contribution in [2.75, 3.05) is 24.2 Å². The van der Waals surface area contributed by atoms with E-state index in [9.17, 15) is 13.2 Å². The molecule has 26 heavy (non-hydrogen) atoms. The molecule has 1 saturated heterocycles. The van der Waals surface area contributed by atoms with E-state index in [4.69, 9.17) is 0 Å². The van der Waals surface area contributed by atoms with Crippen molar-refractivity contribution in [3.63, 3.8) is 0 Å². The quantitative estimate of drug-likeness (QED) is 0.867. The Kier molecular flexibility index (Phi) is 5.43. The normalized spacial score (nSPS) is 18.6. The van der Waals surface area contributed by atoms with E-state index in [1.165, 1.54) is 4.31 Å². The standard InChI is InChI=1S/C18H24N4O3S/c1-3-26(24,25)21-11-4-5-15(13-21)18(23)20-16-6-8-17(9-7-16)22-12-10-19-14(22)2/h6-10,12,15H,3-5,11,13H2,1-2H3,(H,20,23)/t15-/m0/s1. The van der Waals surface area contributed by atoms with Gasteiger partial charge < -0.3 is 9.88 Å². The lowest BCUT2D eigenvalue weighted by molar-refractivity contribution is -0.120. The Bertz CT molecular complexity index is 874. The lowest BCUT2D eigenvalue weighted by Gasteiger charge is -2.30. The smallest absolute Gasteiger partial charge is 0.228 e. The fraction of sp³-hybridized carbons (Fsp3) is 0.444. The molecule has 0 saturated carbocycles. The van der Waals surface area contributed by atoms with Crippen LogP contribution in [0, 0.1) is 12.8 Å². The summed E-state index contributed by atoms with van der Waals surface area (Å²) in [4.78, 5) is 16.7. The Morgan fingerprint density at radius 2 is 2.04 bits per heavy atom. The molecule has 0 aliphatic carbocycles. The van der Waals surface area contributed by atoms with E-state index < -0.39 is 10.0 Å². The van der Waals surface area contributed by atoms with Gasteiger partial charge in [-0.2, -0.15) is 0 Å². The number of benzene rings is 1. The second kappa shape index (κ2) is 7.59. The van der Waals surface area contributed by atoms with Crippen LogP contribution in [-0.2, 0) is 14.8 Å². The van der Waals surface area contributed by atoms with Gasteiger partial charge in [0.1, 0.15) is 5.82 Å². The number of hydrogen-bond donors (Lipinski definition) is 1. The zero-order valence-electron chi connectivity index (χ0n) is 15.1. The minimum Gasteiger partial charge on any atom is -0.326 e. The molecule has 1 atom stereocenters. The van der Waals surface area contributed by atoms with Crippen molar-refractivity contribution in [3.8, 4) is 5.69 Å². The molecule has 1 fully saturated rings. The van der Waals surface area contributed by atoms with E-state index >= 15 is 0 Å². The fourth-order valence-electron chi connectivity index (χ4n) is 3.19. The number of aromatic nitrogens is 2. The predicted octanol–water partition coefficient (Wildman–Crippen LogP) is 2.18. The second-order valence-corrected chi connectivity index (χ2v) is 8.74. The third kappa shape index (κ3) is 3.96. The van der Waals surface area contributed by atoms with Gasteiger partial charge in [-0.25, -0.2) is 17.7 Å². The SMILES string of the molecule is CCS(=O)(=O)N1CCC[C@H](C(=O)Nc2ccc(-n3ccnc3C)cc2)C1. The van der Waals surface area contributed by atoms with Crippen LogP contribution >= 0.6 is 0 Å². The minimum atomic E-state index is -3.25. The van der Waals surface area contributed by atoms with Crippen LogP contribution in [0.2, 0.25) is 0 Å². The number of nitrogens with one attached hydrogen (secondary N) is 1. The Hall–Kier alpha value is -2.19. The molecule has 0 unspecified atom stereocenters. The summed E-state index contributed by atoms with van der Waals surface area (Å²) in [6.45, 7) is 4.31. The summed E-state index contributed by atoms with van der Waals surface area (Å²) in [5.74, 6) is 0.505. The molecule has 2 heterocycles. The Morgan fingerprint density at radius 3 is 2.65 bits per heavy atom. The van der Waals surface area contributed by atoms with E-state index in [-0.39, 0.29) is 24.1 Å². The zero-order chi connectivity index (χ0) is 18.7. The summed E-state index contributed by atoms with van der Waals surface area (Å²) in [7, 11) is -3.25. The molecule has 1 aromatic heterocycles. The highest BCUT2D eigenvalue weighted by atomic mass is 32.2. The van der Waals surface area contributed by atoms with Crippen LogP contribution in [-0.4, -0.2) is 47.0 Å². The maximum absolute atomic E-state index is 12.5. The Balaban J connectivity index is 1.65. The number of piperidine rings is 1. The van der Waals surface area contributed by atoms with Crippen LogP contribution in [0.25, 0.3) is 5.69 Å². The van der Waals surface area contributed by atoms with Crippen LogP contribution in [0.5, 0.6) is 0 Å². The summed E-state index contributed by atoms with van der Waals surface area (Å²) in [5.41, 5.74) is 1.67. The Morgan fingerprint density at radius 1 is 1.31 bits per heavy atom. The highest BCUT2D eigenvalue weighted by Crippen LogP contribution is 2.22. The molecule has 1 amide bonds. The number of imidazole rings is 1. The average Bonchev–Trinajstić information content (AvgIpc) is 3.08. The molecule has 7 nitrogen and oxygen atoms in total. The van der Waals surface area contributed by atoms with Crippen molar-refractivity contribution in [2.45, 2.75) is 26.7 Å². The molecule has 3 rings (SSSR count). The molecule has 1 N–H and O–H groups in total. The number of amides is 1. The second-order valence-electron chi connectivity index (χ2n) is 6.48. The van der Waals surface area contributed by atoms with Crippen molar-refractivity contribution in [2.24, 2.45) is 5.92 Å². The molecule has 1 aromatic carbocycles. The molecular weight excluding hydrogens is 352 g/mol. The zero-order valence-corrected chi connectivity index (χ0v) is 15.9. The lowest BCUT2D eigenvalue weighted by Crippen LogP contribution is -2.44. The largest absolute Gasteiger partial charge is 0.326 e. The third-order valence-corrected chi connectivity index (χ3v) is 6.60. The maximum atomic E-state index is 12.5. The summed E-state index contributed by atoms with van der Waals surface area (Å²) in [6, 6.07) is 7.52. The van der Waals surface area contributed by atoms with Gasteiger partial charge in [0, 0.05) is 36.9 Å². The van der Waals surface area contributed by atoms with E-state index in [1.807, 2.05) is 42.0 Å². The summed E-state index contributed by atoms with van der Waals surface area (Å²) < 4.78 is 27.5. The molecule has 140 valence electrons. The first-order chi connectivity index (χ1) is 12.4. The van der Waals surface area contributed by atoms with Gasteiger partial charge in [0.2, 0.25) is 15.9 Å². The number of anilines is 1. The average molecular weight is 376 g/mol. The minimum absolute atomic E-state index is 0.0659. The monoisotopic (exact) mass is 376 g/mol. The van der Waals surface area contributed by atoms with E-state index in [2.05, 4.69) is 10.3 Å². The number of hydrogen-bond acceptors (Lipinski definition) is 4. The summed E-state index contributed by atoms with van der Waals surface area (Å²) in [5, 5.41) is 2.90. The third-order valence-electron chi connectivity index (χ3n) is 4.75. The van der Waals surface area contributed by atoms with E-state index in [1.54, 1.807) is 13.1 Å². The van der Waals surface area contributed by atoms with E-state index in [0.29, 0.717) is 25.1 Å². The molecule has 0 bridgehead atoms. The van der Waals surface area contributed by atoms with Gasteiger partial charge in [-0.1, -0.05) is 0 Å². The maximum Gasteiger partial charge on any atom is 0.228 e. The number of nitrogens with zero attached hydrogens (tertiary/aromatic N) is 3. The van der Waals surface area contributed by atoms with Gasteiger partial charge >= 0.3 is 0 Å². The first-order valence-electron chi connectivity index (χ1n) is 8.80. The predicted molar refractivity (Wildman–Crippen MR) is 101 cm³/mol.